The number of rotatable bonds is 2. The van der Waals surface area contributed by atoms with E-state index in [9.17, 15) is 13.6 Å². The van der Waals surface area contributed by atoms with Gasteiger partial charge in [-0.2, -0.15) is 0 Å². The fraction of sp³-hybridized carbons (Fsp3) is 0. The summed E-state index contributed by atoms with van der Waals surface area (Å²) in [6, 6.07) is 5.47. The molecule has 1 aromatic heterocycles. The van der Waals surface area contributed by atoms with Gasteiger partial charge in [0.05, 0.1) is 16.3 Å². The molecule has 3 nitrogen and oxygen atoms in total. The van der Waals surface area contributed by atoms with Crippen LogP contribution in [0.25, 0.3) is 0 Å². The number of carbonyl (C=O) groups is 1. The quantitative estimate of drug-likeness (QED) is 0.810. The molecule has 0 aliphatic carbocycles. The van der Waals surface area contributed by atoms with Gasteiger partial charge in [-0.25, -0.2) is 8.78 Å². The number of halogens is 2. The molecule has 0 atom stereocenters. The van der Waals surface area contributed by atoms with E-state index in [4.69, 9.17) is 5.73 Å². The molecule has 88 valence electrons. The van der Waals surface area contributed by atoms with Crippen molar-refractivity contribution in [2.24, 2.45) is 0 Å². The molecule has 2 aromatic rings. The average molecular weight is 254 g/mol. The Kier molecular flexibility index (Phi) is 3.06. The minimum atomic E-state index is -1.16. The van der Waals surface area contributed by atoms with Gasteiger partial charge in [0, 0.05) is 0 Å². The number of benzene rings is 1. The van der Waals surface area contributed by atoms with E-state index >= 15 is 0 Å². The second-order valence-electron chi connectivity index (χ2n) is 3.25. The largest absolute Gasteiger partial charge is 0.395 e. The molecular formula is C11H8F2N2OS. The highest BCUT2D eigenvalue weighted by Crippen LogP contribution is 2.24. The van der Waals surface area contributed by atoms with Crippen molar-refractivity contribution in [2.45, 2.75) is 0 Å². The number of hydrogen-bond acceptors (Lipinski definition) is 3. The Balaban J connectivity index is 2.25. The van der Waals surface area contributed by atoms with Gasteiger partial charge < -0.3 is 11.1 Å². The molecule has 1 aromatic carbocycles. The van der Waals surface area contributed by atoms with Gasteiger partial charge in [-0.15, -0.1) is 11.3 Å². The Hall–Kier alpha value is -1.95. The fourth-order valence-corrected chi connectivity index (χ4v) is 1.89. The summed E-state index contributed by atoms with van der Waals surface area (Å²) < 4.78 is 25.9. The van der Waals surface area contributed by atoms with Crippen LogP contribution in [0.3, 0.4) is 0 Å². The number of nitrogen functional groups attached to an aromatic ring is 1. The molecule has 6 heteroatoms. The van der Waals surface area contributed by atoms with Crippen LogP contribution in [0, 0.1) is 11.6 Å². The number of amides is 1. The molecule has 17 heavy (non-hydrogen) atoms. The van der Waals surface area contributed by atoms with Crippen molar-refractivity contribution in [1.82, 2.24) is 0 Å². The minimum absolute atomic E-state index is 0.0577. The van der Waals surface area contributed by atoms with Crippen LogP contribution in [0.2, 0.25) is 0 Å². The van der Waals surface area contributed by atoms with Crippen LogP contribution < -0.4 is 11.1 Å². The van der Waals surface area contributed by atoms with E-state index in [2.05, 4.69) is 5.32 Å². The van der Waals surface area contributed by atoms with Gasteiger partial charge in [0.15, 0.2) is 11.6 Å². The van der Waals surface area contributed by atoms with Crippen LogP contribution in [0.5, 0.6) is 0 Å². The van der Waals surface area contributed by atoms with E-state index in [1.165, 1.54) is 17.4 Å². The van der Waals surface area contributed by atoms with Gasteiger partial charge in [0.2, 0.25) is 0 Å². The van der Waals surface area contributed by atoms with E-state index < -0.39 is 23.2 Å². The van der Waals surface area contributed by atoms with Gasteiger partial charge in [0.1, 0.15) is 0 Å². The highest BCUT2D eigenvalue weighted by molar-refractivity contribution is 7.12. The Morgan fingerprint density at radius 2 is 2.06 bits per heavy atom. The number of carbonyl (C=O) groups excluding carboxylic acids is 1. The molecule has 0 aliphatic heterocycles. The van der Waals surface area contributed by atoms with E-state index in [0.717, 1.165) is 6.07 Å². The molecule has 1 heterocycles. The van der Waals surface area contributed by atoms with Crippen LogP contribution in [0.15, 0.2) is 29.6 Å². The number of hydrogen-bond donors (Lipinski definition) is 2. The summed E-state index contributed by atoms with van der Waals surface area (Å²) in [5.41, 5.74) is 5.01. The van der Waals surface area contributed by atoms with Crippen molar-refractivity contribution in [1.29, 1.82) is 0 Å². The monoisotopic (exact) mass is 254 g/mol. The van der Waals surface area contributed by atoms with E-state index in [1.807, 2.05) is 0 Å². The number of thiophene rings is 1. The third-order valence-electron chi connectivity index (χ3n) is 2.13. The topological polar surface area (TPSA) is 55.1 Å². The first-order valence-electron chi connectivity index (χ1n) is 4.68. The normalized spacial score (nSPS) is 10.2. The molecule has 0 saturated heterocycles. The van der Waals surface area contributed by atoms with E-state index in [1.54, 1.807) is 17.5 Å². The summed E-state index contributed by atoms with van der Waals surface area (Å²) in [5.74, 6) is -2.61. The minimum Gasteiger partial charge on any atom is -0.395 e. The van der Waals surface area contributed by atoms with Crippen LogP contribution in [-0.4, -0.2) is 5.91 Å². The number of anilines is 2. The van der Waals surface area contributed by atoms with Gasteiger partial charge in [-0.3, -0.25) is 4.79 Å². The van der Waals surface area contributed by atoms with Gasteiger partial charge in [-0.1, -0.05) is 6.07 Å². The first kappa shape index (κ1) is 11.5. The molecular weight excluding hydrogens is 246 g/mol. The maximum Gasteiger partial charge on any atom is 0.265 e. The van der Waals surface area contributed by atoms with Crippen molar-refractivity contribution in [2.75, 3.05) is 11.1 Å². The van der Waals surface area contributed by atoms with Gasteiger partial charge in [0.25, 0.3) is 5.91 Å². The number of nitrogens with two attached hydrogens (primary N) is 1. The Bertz CT molecular complexity index is 555. The summed E-state index contributed by atoms with van der Waals surface area (Å²) in [4.78, 5) is 12.1. The fourth-order valence-electron chi connectivity index (χ4n) is 1.27. The van der Waals surface area contributed by atoms with Crippen molar-refractivity contribution in [3.05, 3.63) is 46.2 Å². The zero-order valence-electron chi connectivity index (χ0n) is 8.54. The molecule has 0 radical (unpaired) electrons. The average Bonchev–Trinajstić information content (AvgIpc) is 2.83. The highest BCUT2D eigenvalue weighted by Gasteiger charge is 2.13. The lowest BCUT2D eigenvalue weighted by molar-refractivity contribution is 0.103. The molecule has 2 rings (SSSR count). The molecule has 0 spiro atoms. The Labute approximate surface area is 99.9 Å². The second kappa shape index (κ2) is 4.50. The van der Waals surface area contributed by atoms with Gasteiger partial charge >= 0.3 is 0 Å². The summed E-state index contributed by atoms with van der Waals surface area (Å²) in [6.45, 7) is 0. The van der Waals surface area contributed by atoms with Crippen molar-refractivity contribution in [3.8, 4) is 0 Å². The standard InChI is InChI=1S/C11H8F2N2OS/c12-6-3-4-7(10(14)9(6)13)15-11(16)8-2-1-5-17-8/h1-5H,14H2,(H,15,16). The maximum atomic E-state index is 13.1. The summed E-state index contributed by atoms with van der Waals surface area (Å²) in [5, 5.41) is 4.16. The Morgan fingerprint density at radius 1 is 1.29 bits per heavy atom. The van der Waals surface area contributed by atoms with Gasteiger partial charge in [-0.05, 0) is 23.6 Å². The summed E-state index contributed by atoms with van der Waals surface area (Å²) in [6.07, 6.45) is 0. The zero-order valence-corrected chi connectivity index (χ0v) is 9.35. The maximum absolute atomic E-state index is 13.1. The smallest absolute Gasteiger partial charge is 0.265 e. The highest BCUT2D eigenvalue weighted by atomic mass is 32.1. The molecule has 1 amide bonds. The SMILES string of the molecule is Nc1c(NC(=O)c2cccs2)ccc(F)c1F. The molecule has 0 unspecified atom stereocenters. The van der Waals surface area contributed by atoms with Crippen LogP contribution in [0.4, 0.5) is 20.2 Å². The Morgan fingerprint density at radius 3 is 2.71 bits per heavy atom. The molecule has 3 N–H and O–H groups in total. The molecule has 0 fully saturated rings. The van der Waals surface area contributed by atoms with E-state index in [-0.39, 0.29) is 5.69 Å². The third kappa shape index (κ3) is 2.26. The van der Waals surface area contributed by atoms with Crippen LogP contribution in [0.1, 0.15) is 9.67 Å². The molecule has 0 aliphatic rings. The predicted molar refractivity (Wildman–Crippen MR) is 63.0 cm³/mol. The lowest BCUT2D eigenvalue weighted by Crippen LogP contribution is -2.12. The van der Waals surface area contributed by atoms with Crippen molar-refractivity contribution >= 4 is 28.6 Å². The predicted octanol–water partition coefficient (Wildman–Crippen LogP) is 2.86. The van der Waals surface area contributed by atoms with E-state index in [0.29, 0.717) is 4.88 Å². The van der Waals surface area contributed by atoms with Crippen LogP contribution >= 0.6 is 11.3 Å². The molecule has 0 bridgehead atoms. The third-order valence-corrected chi connectivity index (χ3v) is 2.99. The second-order valence-corrected chi connectivity index (χ2v) is 4.20. The zero-order chi connectivity index (χ0) is 12.4. The van der Waals surface area contributed by atoms with Crippen LogP contribution in [-0.2, 0) is 0 Å². The first-order valence-corrected chi connectivity index (χ1v) is 5.56. The summed E-state index contributed by atoms with van der Waals surface area (Å²) >= 11 is 1.24. The summed E-state index contributed by atoms with van der Waals surface area (Å²) in [7, 11) is 0. The lowest BCUT2D eigenvalue weighted by Gasteiger charge is -2.08. The lowest BCUT2D eigenvalue weighted by atomic mass is 10.2. The van der Waals surface area contributed by atoms with Crippen molar-refractivity contribution < 1.29 is 13.6 Å². The molecule has 0 saturated carbocycles. The van der Waals surface area contributed by atoms with Crippen molar-refractivity contribution in [3.63, 3.8) is 0 Å². The first-order chi connectivity index (χ1) is 8.09. The number of nitrogens with one attached hydrogen (secondary N) is 1.